The van der Waals surface area contributed by atoms with E-state index in [4.69, 9.17) is 5.73 Å². The number of nitrogens with two attached hydrogens (primary N) is 1. The summed E-state index contributed by atoms with van der Waals surface area (Å²) in [7, 11) is 0. The van der Waals surface area contributed by atoms with Gasteiger partial charge >= 0.3 is 0 Å². The second-order valence-corrected chi connectivity index (χ2v) is 6.90. The molecule has 1 unspecified atom stereocenters. The fourth-order valence-electron chi connectivity index (χ4n) is 2.90. The number of likely N-dealkylation sites (tertiary alicyclic amines) is 1. The average Bonchev–Trinajstić information content (AvgIpc) is 2.43. The van der Waals surface area contributed by atoms with Crippen molar-refractivity contribution >= 4 is 0 Å². The Labute approximate surface area is 102 Å². The van der Waals surface area contributed by atoms with Crippen molar-refractivity contribution in [1.29, 1.82) is 0 Å². The third-order valence-corrected chi connectivity index (χ3v) is 4.12. The van der Waals surface area contributed by atoms with Gasteiger partial charge in [-0.2, -0.15) is 0 Å². The van der Waals surface area contributed by atoms with Crippen LogP contribution in [0.4, 0.5) is 0 Å². The summed E-state index contributed by atoms with van der Waals surface area (Å²) in [5.41, 5.74) is 6.76. The fraction of sp³-hybridized carbons (Fsp3) is 1.00. The number of nitrogens with zero attached hydrogens (tertiary/aromatic N) is 1. The normalized spacial score (nSPS) is 22.9. The van der Waals surface area contributed by atoms with Crippen LogP contribution in [0.15, 0.2) is 0 Å². The summed E-state index contributed by atoms with van der Waals surface area (Å²) in [4.78, 5) is 2.61. The molecule has 96 valence electrons. The lowest BCUT2D eigenvalue weighted by molar-refractivity contribution is 0.0557. The lowest BCUT2D eigenvalue weighted by atomic mass is 9.75. The Bertz CT molecular complexity index is 207. The van der Waals surface area contributed by atoms with Crippen molar-refractivity contribution in [2.24, 2.45) is 11.1 Å². The largest absolute Gasteiger partial charge is 0.326 e. The second-order valence-electron chi connectivity index (χ2n) is 6.90. The van der Waals surface area contributed by atoms with Gasteiger partial charge in [0.05, 0.1) is 0 Å². The molecule has 1 saturated heterocycles. The lowest BCUT2D eigenvalue weighted by Crippen LogP contribution is -2.61. The second kappa shape index (κ2) is 5.05. The van der Waals surface area contributed by atoms with Crippen LogP contribution in [0.2, 0.25) is 0 Å². The van der Waals surface area contributed by atoms with Gasteiger partial charge in [0.25, 0.3) is 0 Å². The molecular weight excluding hydrogens is 196 g/mol. The summed E-state index contributed by atoms with van der Waals surface area (Å²) in [5.74, 6) is 0. The minimum absolute atomic E-state index is 0.114. The molecule has 2 heteroatoms. The van der Waals surface area contributed by atoms with Gasteiger partial charge in [-0.15, -0.1) is 0 Å². The Morgan fingerprint density at radius 2 is 1.31 bits per heavy atom. The van der Waals surface area contributed by atoms with Gasteiger partial charge in [0, 0.05) is 11.6 Å². The third kappa shape index (κ3) is 3.21. The van der Waals surface area contributed by atoms with Crippen molar-refractivity contribution in [2.45, 2.75) is 71.9 Å². The van der Waals surface area contributed by atoms with Crippen LogP contribution in [-0.2, 0) is 0 Å². The first kappa shape index (κ1) is 14.0. The van der Waals surface area contributed by atoms with Crippen molar-refractivity contribution in [3.8, 4) is 0 Å². The zero-order chi connectivity index (χ0) is 12.4. The fourth-order valence-corrected chi connectivity index (χ4v) is 2.90. The minimum atomic E-state index is 0.114. The molecule has 0 aromatic rings. The molecule has 0 radical (unpaired) electrons. The molecule has 0 aromatic heterocycles. The first-order valence-corrected chi connectivity index (χ1v) is 6.77. The summed E-state index contributed by atoms with van der Waals surface area (Å²) in [6.07, 6.45) is 5.44. The van der Waals surface area contributed by atoms with Crippen LogP contribution >= 0.6 is 0 Å². The summed E-state index contributed by atoms with van der Waals surface area (Å²) >= 11 is 0. The monoisotopic (exact) mass is 226 g/mol. The van der Waals surface area contributed by atoms with E-state index in [1.165, 1.54) is 38.8 Å². The van der Waals surface area contributed by atoms with E-state index < -0.39 is 0 Å². The molecule has 16 heavy (non-hydrogen) atoms. The molecule has 1 aliphatic heterocycles. The smallest absolute Gasteiger partial charge is 0.0309 e. The quantitative estimate of drug-likeness (QED) is 0.784. The van der Waals surface area contributed by atoms with Crippen molar-refractivity contribution in [2.75, 3.05) is 13.1 Å². The van der Waals surface area contributed by atoms with Crippen LogP contribution in [0.25, 0.3) is 0 Å². The number of hydrogen-bond donors (Lipinski definition) is 1. The van der Waals surface area contributed by atoms with Gasteiger partial charge < -0.3 is 5.73 Å². The molecule has 1 atom stereocenters. The highest BCUT2D eigenvalue weighted by molar-refractivity contribution is 4.98. The average molecular weight is 226 g/mol. The Morgan fingerprint density at radius 3 is 1.69 bits per heavy atom. The highest BCUT2D eigenvalue weighted by Gasteiger charge is 2.39. The molecule has 0 aliphatic carbocycles. The van der Waals surface area contributed by atoms with Crippen LogP contribution in [0.5, 0.6) is 0 Å². The van der Waals surface area contributed by atoms with Crippen LogP contribution < -0.4 is 5.73 Å². The molecule has 0 amide bonds. The predicted molar refractivity (Wildman–Crippen MR) is 71.6 cm³/mol. The van der Waals surface area contributed by atoms with Crippen LogP contribution in [0, 0.1) is 5.41 Å². The SMILES string of the molecule is CC(C)(C)C(N)C(C)(C)N1CCCCCC1. The van der Waals surface area contributed by atoms with Gasteiger partial charge in [0.15, 0.2) is 0 Å². The molecule has 1 rings (SSSR count). The van der Waals surface area contributed by atoms with Gasteiger partial charge in [-0.25, -0.2) is 0 Å². The van der Waals surface area contributed by atoms with Crippen molar-refractivity contribution in [1.82, 2.24) is 4.90 Å². The lowest BCUT2D eigenvalue weighted by Gasteiger charge is -2.47. The highest BCUT2D eigenvalue weighted by atomic mass is 15.2. The van der Waals surface area contributed by atoms with Gasteiger partial charge in [-0.05, 0) is 45.2 Å². The molecule has 0 saturated carbocycles. The molecule has 1 fully saturated rings. The first-order valence-electron chi connectivity index (χ1n) is 6.77. The number of hydrogen-bond acceptors (Lipinski definition) is 2. The van der Waals surface area contributed by atoms with Crippen molar-refractivity contribution in [3.05, 3.63) is 0 Å². The summed E-state index contributed by atoms with van der Waals surface area (Å²) in [6.45, 7) is 13.8. The molecule has 0 bridgehead atoms. The van der Waals surface area contributed by atoms with E-state index in [-0.39, 0.29) is 17.0 Å². The topological polar surface area (TPSA) is 29.3 Å². The van der Waals surface area contributed by atoms with Gasteiger partial charge in [-0.1, -0.05) is 33.6 Å². The molecule has 2 N–H and O–H groups in total. The Morgan fingerprint density at radius 1 is 0.875 bits per heavy atom. The standard InChI is InChI=1S/C14H30N2/c1-13(2,3)12(15)14(4,5)16-10-8-6-7-9-11-16/h12H,6-11,15H2,1-5H3. The van der Waals surface area contributed by atoms with E-state index in [2.05, 4.69) is 39.5 Å². The van der Waals surface area contributed by atoms with E-state index in [1.807, 2.05) is 0 Å². The predicted octanol–water partition coefficient (Wildman–Crippen LogP) is 3.01. The molecule has 0 spiro atoms. The van der Waals surface area contributed by atoms with Crippen LogP contribution in [0.3, 0.4) is 0 Å². The zero-order valence-electron chi connectivity index (χ0n) is 11.8. The van der Waals surface area contributed by atoms with E-state index in [1.54, 1.807) is 0 Å². The van der Waals surface area contributed by atoms with Gasteiger partial charge in [0.2, 0.25) is 0 Å². The molecule has 2 nitrogen and oxygen atoms in total. The van der Waals surface area contributed by atoms with E-state index in [0.717, 1.165) is 0 Å². The summed E-state index contributed by atoms with van der Waals surface area (Å²) in [6, 6.07) is 0.220. The summed E-state index contributed by atoms with van der Waals surface area (Å²) < 4.78 is 0. The van der Waals surface area contributed by atoms with Gasteiger partial charge in [-0.3, -0.25) is 4.90 Å². The third-order valence-electron chi connectivity index (χ3n) is 4.12. The summed E-state index contributed by atoms with van der Waals surface area (Å²) in [5, 5.41) is 0. The van der Waals surface area contributed by atoms with Crippen LogP contribution in [-0.4, -0.2) is 29.6 Å². The Balaban J connectivity index is 2.74. The molecule has 1 heterocycles. The van der Waals surface area contributed by atoms with E-state index >= 15 is 0 Å². The Kier molecular flexibility index (Phi) is 4.42. The van der Waals surface area contributed by atoms with Gasteiger partial charge in [0.1, 0.15) is 0 Å². The maximum absolute atomic E-state index is 6.47. The van der Waals surface area contributed by atoms with E-state index in [0.29, 0.717) is 0 Å². The maximum Gasteiger partial charge on any atom is 0.0309 e. The molecule has 1 aliphatic rings. The van der Waals surface area contributed by atoms with E-state index in [9.17, 15) is 0 Å². The zero-order valence-corrected chi connectivity index (χ0v) is 11.8. The molecule has 0 aromatic carbocycles. The minimum Gasteiger partial charge on any atom is -0.326 e. The number of rotatable bonds is 2. The highest BCUT2D eigenvalue weighted by Crippen LogP contribution is 2.31. The van der Waals surface area contributed by atoms with Crippen molar-refractivity contribution < 1.29 is 0 Å². The first-order chi connectivity index (χ1) is 7.26. The Hall–Kier alpha value is -0.0800. The van der Waals surface area contributed by atoms with Crippen LogP contribution in [0.1, 0.15) is 60.3 Å². The van der Waals surface area contributed by atoms with Crippen molar-refractivity contribution in [3.63, 3.8) is 0 Å². The molecular formula is C14H30N2. The maximum atomic E-state index is 6.47.